The molecule has 156 valence electrons. The summed E-state index contributed by atoms with van der Waals surface area (Å²) in [5, 5.41) is 6.56. The van der Waals surface area contributed by atoms with E-state index in [0.29, 0.717) is 34.6 Å². The fourth-order valence-corrected chi connectivity index (χ4v) is 4.16. The number of hydrogen-bond donors (Lipinski definition) is 1. The number of carbonyl (C=O) groups excluding carboxylic acids is 1. The first-order chi connectivity index (χ1) is 15.1. The topological polar surface area (TPSA) is 51.2 Å². The van der Waals surface area contributed by atoms with Gasteiger partial charge in [-0.05, 0) is 29.8 Å². The van der Waals surface area contributed by atoms with Gasteiger partial charge in [0.25, 0.3) is 5.91 Å². The summed E-state index contributed by atoms with van der Waals surface area (Å²) in [5.74, 6) is 0.491. The molecule has 0 radical (unpaired) electrons. The third-order valence-corrected chi connectivity index (χ3v) is 6.00. The number of rotatable bonds is 7. The van der Waals surface area contributed by atoms with E-state index in [0.717, 1.165) is 21.7 Å². The summed E-state index contributed by atoms with van der Waals surface area (Å²) in [6.07, 6.45) is 0. The largest absolute Gasteiger partial charge is 0.489 e. The standard InChI is InChI=1S/C24H18Cl2N2O2S/c25-19-10-9-18(21(26)12-19)14-30-20-8-4-7-17(11-20)24-28-22(15-31-24)23(29)27-13-16-5-2-1-3-6-16/h1-12,15H,13-14H2,(H,27,29). The van der Waals surface area contributed by atoms with Crippen molar-refractivity contribution in [1.29, 1.82) is 0 Å². The molecule has 1 aromatic heterocycles. The third kappa shape index (κ3) is 5.64. The van der Waals surface area contributed by atoms with Crippen molar-refractivity contribution in [1.82, 2.24) is 10.3 Å². The average molecular weight is 469 g/mol. The minimum atomic E-state index is -0.198. The van der Waals surface area contributed by atoms with Crippen LogP contribution in [0.3, 0.4) is 0 Å². The second kappa shape index (κ2) is 9.96. The van der Waals surface area contributed by atoms with Gasteiger partial charge in [-0.1, -0.05) is 71.7 Å². The van der Waals surface area contributed by atoms with Crippen LogP contribution in [0.2, 0.25) is 10.0 Å². The Bertz CT molecular complexity index is 1200. The van der Waals surface area contributed by atoms with Crippen LogP contribution < -0.4 is 10.1 Å². The molecular weight excluding hydrogens is 451 g/mol. The highest BCUT2D eigenvalue weighted by Crippen LogP contribution is 2.28. The van der Waals surface area contributed by atoms with Crippen LogP contribution in [0.25, 0.3) is 10.6 Å². The number of aromatic nitrogens is 1. The van der Waals surface area contributed by atoms with Crippen molar-refractivity contribution in [3.05, 3.63) is 105 Å². The van der Waals surface area contributed by atoms with Crippen LogP contribution in [0.4, 0.5) is 0 Å². The minimum Gasteiger partial charge on any atom is -0.489 e. The molecule has 0 aliphatic heterocycles. The quantitative estimate of drug-likeness (QED) is 0.331. The highest BCUT2D eigenvalue weighted by atomic mass is 35.5. The van der Waals surface area contributed by atoms with Crippen molar-refractivity contribution in [2.45, 2.75) is 13.2 Å². The lowest BCUT2D eigenvalue weighted by Gasteiger charge is -2.09. The lowest BCUT2D eigenvalue weighted by atomic mass is 10.2. The Hall–Kier alpha value is -2.86. The number of nitrogens with zero attached hydrogens (tertiary/aromatic N) is 1. The number of ether oxygens (including phenoxy) is 1. The van der Waals surface area contributed by atoms with Gasteiger partial charge in [-0.15, -0.1) is 11.3 Å². The van der Waals surface area contributed by atoms with E-state index in [2.05, 4.69) is 10.3 Å². The SMILES string of the molecule is O=C(NCc1ccccc1)c1csc(-c2cccc(OCc3ccc(Cl)cc3Cl)c2)n1. The van der Waals surface area contributed by atoms with Gasteiger partial charge < -0.3 is 10.1 Å². The summed E-state index contributed by atoms with van der Waals surface area (Å²) in [7, 11) is 0. The van der Waals surface area contributed by atoms with Crippen LogP contribution in [0.5, 0.6) is 5.75 Å². The van der Waals surface area contributed by atoms with Gasteiger partial charge in [-0.3, -0.25) is 4.79 Å². The normalized spacial score (nSPS) is 10.6. The van der Waals surface area contributed by atoms with Crippen LogP contribution in [0, 0.1) is 0 Å². The van der Waals surface area contributed by atoms with Crippen molar-refractivity contribution in [2.75, 3.05) is 0 Å². The van der Waals surface area contributed by atoms with E-state index >= 15 is 0 Å². The van der Waals surface area contributed by atoms with Crippen LogP contribution >= 0.6 is 34.5 Å². The first-order valence-corrected chi connectivity index (χ1v) is 11.2. The van der Waals surface area contributed by atoms with Gasteiger partial charge in [0, 0.05) is 33.1 Å². The summed E-state index contributed by atoms with van der Waals surface area (Å²) < 4.78 is 5.89. The fourth-order valence-electron chi connectivity index (χ4n) is 2.90. The summed E-state index contributed by atoms with van der Waals surface area (Å²) >= 11 is 13.6. The molecule has 3 aromatic carbocycles. The summed E-state index contributed by atoms with van der Waals surface area (Å²) in [4.78, 5) is 16.9. The predicted molar refractivity (Wildman–Crippen MR) is 126 cm³/mol. The first kappa shape index (κ1) is 21.4. The van der Waals surface area contributed by atoms with Crippen molar-refractivity contribution >= 4 is 40.4 Å². The Morgan fingerprint density at radius 1 is 1.00 bits per heavy atom. The zero-order valence-corrected chi connectivity index (χ0v) is 18.7. The summed E-state index contributed by atoms with van der Waals surface area (Å²) in [6, 6.07) is 22.7. The van der Waals surface area contributed by atoms with Gasteiger partial charge >= 0.3 is 0 Å². The second-order valence-electron chi connectivity index (χ2n) is 6.76. The molecule has 0 aliphatic rings. The molecule has 4 aromatic rings. The van der Waals surface area contributed by atoms with E-state index < -0.39 is 0 Å². The van der Waals surface area contributed by atoms with Crippen molar-refractivity contribution < 1.29 is 9.53 Å². The molecule has 1 N–H and O–H groups in total. The minimum absolute atomic E-state index is 0.198. The highest BCUT2D eigenvalue weighted by molar-refractivity contribution is 7.13. The maximum Gasteiger partial charge on any atom is 0.271 e. The van der Waals surface area contributed by atoms with Crippen molar-refractivity contribution in [2.24, 2.45) is 0 Å². The molecule has 4 rings (SSSR count). The van der Waals surface area contributed by atoms with E-state index in [1.807, 2.05) is 60.7 Å². The molecule has 1 amide bonds. The van der Waals surface area contributed by atoms with Crippen molar-refractivity contribution in [3.8, 4) is 16.3 Å². The molecule has 31 heavy (non-hydrogen) atoms. The maximum absolute atomic E-state index is 12.4. The van der Waals surface area contributed by atoms with Gasteiger partial charge in [0.05, 0.1) is 0 Å². The Balaban J connectivity index is 1.41. The molecule has 0 unspecified atom stereocenters. The van der Waals surface area contributed by atoms with E-state index in [4.69, 9.17) is 27.9 Å². The van der Waals surface area contributed by atoms with E-state index in [1.54, 1.807) is 17.5 Å². The summed E-state index contributed by atoms with van der Waals surface area (Å²) in [6.45, 7) is 0.785. The number of nitrogens with one attached hydrogen (secondary N) is 1. The van der Waals surface area contributed by atoms with Gasteiger partial charge in [-0.25, -0.2) is 4.98 Å². The van der Waals surface area contributed by atoms with Gasteiger partial charge in [0.1, 0.15) is 23.1 Å². The Kier molecular flexibility index (Phi) is 6.87. The molecule has 0 spiro atoms. The number of hydrogen-bond acceptors (Lipinski definition) is 4. The Morgan fingerprint density at radius 2 is 1.84 bits per heavy atom. The molecule has 4 nitrogen and oxygen atoms in total. The number of thiazole rings is 1. The van der Waals surface area contributed by atoms with Gasteiger partial charge in [-0.2, -0.15) is 0 Å². The monoisotopic (exact) mass is 468 g/mol. The molecule has 0 fully saturated rings. The molecule has 0 saturated carbocycles. The van der Waals surface area contributed by atoms with E-state index in [-0.39, 0.29) is 5.91 Å². The average Bonchev–Trinajstić information content (AvgIpc) is 3.28. The highest BCUT2D eigenvalue weighted by Gasteiger charge is 2.12. The van der Waals surface area contributed by atoms with Crippen LogP contribution in [-0.4, -0.2) is 10.9 Å². The van der Waals surface area contributed by atoms with Crippen LogP contribution in [0.1, 0.15) is 21.6 Å². The zero-order valence-electron chi connectivity index (χ0n) is 16.3. The molecule has 0 atom stereocenters. The van der Waals surface area contributed by atoms with E-state index in [9.17, 15) is 4.79 Å². The first-order valence-electron chi connectivity index (χ1n) is 9.53. The maximum atomic E-state index is 12.4. The fraction of sp³-hybridized carbons (Fsp3) is 0.0833. The molecular formula is C24H18Cl2N2O2S. The number of halogens is 2. The molecule has 0 saturated heterocycles. The number of benzene rings is 3. The smallest absolute Gasteiger partial charge is 0.271 e. The van der Waals surface area contributed by atoms with Crippen LogP contribution in [0.15, 0.2) is 78.2 Å². The lowest BCUT2D eigenvalue weighted by molar-refractivity contribution is 0.0946. The third-order valence-electron chi connectivity index (χ3n) is 4.52. The predicted octanol–water partition coefficient (Wildman–Crippen LogP) is 6.63. The van der Waals surface area contributed by atoms with Crippen LogP contribution in [-0.2, 0) is 13.2 Å². The Labute approximate surface area is 194 Å². The molecule has 0 aliphatic carbocycles. The van der Waals surface area contributed by atoms with E-state index in [1.165, 1.54) is 11.3 Å². The lowest BCUT2D eigenvalue weighted by Crippen LogP contribution is -2.23. The van der Waals surface area contributed by atoms with Crippen molar-refractivity contribution in [3.63, 3.8) is 0 Å². The summed E-state index contributed by atoms with van der Waals surface area (Å²) in [5.41, 5.74) is 3.17. The molecule has 0 bridgehead atoms. The van der Waals surface area contributed by atoms with Gasteiger partial charge in [0.15, 0.2) is 0 Å². The zero-order chi connectivity index (χ0) is 21.6. The number of amides is 1. The number of carbonyl (C=O) groups is 1. The molecule has 7 heteroatoms. The Morgan fingerprint density at radius 3 is 2.65 bits per heavy atom. The second-order valence-corrected chi connectivity index (χ2v) is 8.46. The molecule has 1 heterocycles. The van der Waals surface area contributed by atoms with Gasteiger partial charge in [0.2, 0.25) is 0 Å².